The number of aromatic nitrogens is 3. The van der Waals surface area contributed by atoms with Gasteiger partial charge in [-0.3, -0.25) is 4.68 Å². The molecule has 0 atom stereocenters. The van der Waals surface area contributed by atoms with Gasteiger partial charge in [0.25, 0.3) is 0 Å². The van der Waals surface area contributed by atoms with Gasteiger partial charge in [0.05, 0.1) is 19.0 Å². The second-order valence-corrected chi connectivity index (χ2v) is 4.50. The molecule has 0 saturated carbocycles. The molecule has 5 heteroatoms. The third-order valence-electron chi connectivity index (χ3n) is 2.56. The molecule has 0 unspecified atom stereocenters. The molecular weight excluding hydrogens is 230 g/mol. The number of hydrogen-bond acceptors (Lipinski definition) is 4. The molecule has 18 heavy (non-hydrogen) atoms. The minimum Gasteiger partial charge on any atom is -0.436 e. The lowest BCUT2D eigenvalue weighted by atomic mass is 10.1. The molecule has 2 heterocycles. The van der Waals surface area contributed by atoms with Crippen molar-refractivity contribution in [2.24, 2.45) is 7.05 Å². The fraction of sp³-hybridized carbons (Fsp3) is 0.385. The average Bonchev–Trinajstić information content (AvgIpc) is 2.74. The summed E-state index contributed by atoms with van der Waals surface area (Å²) in [4.78, 5) is 4.42. The zero-order valence-corrected chi connectivity index (χ0v) is 10.8. The zero-order valence-electron chi connectivity index (χ0n) is 10.8. The molecule has 1 N–H and O–H groups in total. The van der Waals surface area contributed by atoms with Crippen LogP contribution in [0.25, 0.3) is 0 Å². The Kier molecular flexibility index (Phi) is 3.62. The summed E-state index contributed by atoms with van der Waals surface area (Å²) >= 11 is 0. The first-order chi connectivity index (χ1) is 8.58. The van der Waals surface area contributed by atoms with Gasteiger partial charge in [0.15, 0.2) is 5.75 Å². The Morgan fingerprint density at radius 2 is 2.17 bits per heavy atom. The third kappa shape index (κ3) is 2.87. The molecule has 0 bridgehead atoms. The van der Waals surface area contributed by atoms with Gasteiger partial charge >= 0.3 is 0 Å². The van der Waals surface area contributed by atoms with Crippen molar-refractivity contribution in [2.75, 3.05) is 0 Å². The van der Waals surface area contributed by atoms with E-state index in [-0.39, 0.29) is 12.5 Å². The van der Waals surface area contributed by atoms with Gasteiger partial charge in [0, 0.05) is 18.8 Å². The number of ether oxygens (including phenoxy) is 1. The van der Waals surface area contributed by atoms with Crippen molar-refractivity contribution in [3.63, 3.8) is 0 Å². The van der Waals surface area contributed by atoms with Crippen molar-refractivity contribution in [2.45, 2.75) is 26.4 Å². The zero-order chi connectivity index (χ0) is 13.1. The van der Waals surface area contributed by atoms with Crippen LogP contribution in [0.5, 0.6) is 11.6 Å². The Hall–Kier alpha value is -1.88. The van der Waals surface area contributed by atoms with E-state index in [1.165, 1.54) is 0 Å². The predicted octanol–water partition coefficient (Wildman–Crippen LogP) is 2.22. The average molecular weight is 247 g/mol. The summed E-state index contributed by atoms with van der Waals surface area (Å²) in [6, 6.07) is 3.62. The highest BCUT2D eigenvalue weighted by molar-refractivity contribution is 5.29. The van der Waals surface area contributed by atoms with Gasteiger partial charge in [-0.1, -0.05) is 13.8 Å². The lowest BCUT2D eigenvalue weighted by Gasteiger charge is -2.09. The van der Waals surface area contributed by atoms with Gasteiger partial charge < -0.3 is 9.84 Å². The van der Waals surface area contributed by atoms with Gasteiger partial charge in [0.1, 0.15) is 0 Å². The molecule has 5 nitrogen and oxygen atoms in total. The monoisotopic (exact) mass is 247 g/mol. The molecule has 0 amide bonds. The first-order valence-corrected chi connectivity index (χ1v) is 5.86. The minimum atomic E-state index is -0.0222. The number of rotatable bonds is 4. The van der Waals surface area contributed by atoms with Crippen LogP contribution in [0.3, 0.4) is 0 Å². The van der Waals surface area contributed by atoms with Crippen LogP contribution in [-0.2, 0) is 13.7 Å². The van der Waals surface area contributed by atoms with E-state index in [1.807, 2.05) is 13.1 Å². The van der Waals surface area contributed by atoms with E-state index in [0.717, 1.165) is 11.3 Å². The fourth-order valence-electron chi connectivity index (χ4n) is 1.59. The largest absolute Gasteiger partial charge is 0.436 e. The standard InChI is InChI=1S/C13H17N3O2/c1-9(2)12-4-10(8-17)5-13(15-12)18-11-6-14-16(3)7-11/h4-7,9,17H,8H2,1-3H3. The third-order valence-corrected chi connectivity index (χ3v) is 2.56. The Bertz CT molecular complexity index is 535. The summed E-state index contributed by atoms with van der Waals surface area (Å²) in [5.74, 6) is 1.40. The van der Waals surface area contributed by atoms with Gasteiger partial charge in [-0.2, -0.15) is 5.10 Å². The smallest absolute Gasteiger partial charge is 0.219 e. The second kappa shape index (κ2) is 5.18. The van der Waals surface area contributed by atoms with Crippen LogP contribution in [0.4, 0.5) is 0 Å². The number of hydrogen-bond donors (Lipinski definition) is 1. The molecule has 2 aromatic rings. The summed E-state index contributed by atoms with van der Waals surface area (Å²) in [7, 11) is 1.82. The highest BCUT2D eigenvalue weighted by Crippen LogP contribution is 2.23. The van der Waals surface area contributed by atoms with Crippen LogP contribution in [0.2, 0.25) is 0 Å². The maximum Gasteiger partial charge on any atom is 0.219 e. The SMILES string of the molecule is CC(C)c1cc(CO)cc(Oc2cnn(C)c2)n1. The van der Waals surface area contributed by atoms with E-state index in [1.54, 1.807) is 23.1 Å². The van der Waals surface area contributed by atoms with E-state index in [2.05, 4.69) is 23.9 Å². The van der Waals surface area contributed by atoms with Crippen LogP contribution in [-0.4, -0.2) is 19.9 Å². The van der Waals surface area contributed by atoms with Crippen LogP contribution >= 0.6 is 0 Å². The first kappa shape index (κ1) is 12.6. The summed E-state index contributed by atoms with van der Waals surface area (Å²) in [5, 5.41) is 13.3. The Morgan fingerprint density at radius 3 is 2.72 bits per heavy atom. The molecule has 0 aliphatic heterocycles. The van der Waals surface area contributed by atoms with Crippen molar-refractivity contribution in [3.8, 4) is 11.6 Å². The maximum absolute atomic E-state index is 9.24. The first-order valence-electron chi connectivity index (χ1n) is 5.86. The number of aliphatic hydroxyl groups is 1. The molecule has 0 aliphatic rings. The topological polar surface area (TPSA) is 60.2 Å². The van der Waals surface area contributed by atoms with Crippen LogP contribution in [0.1, 0.15) is 31.0 Å². The molecule has 0 aliphatic carbocycles. The predicted molar refractivity (Wildman–Crippen MR) is 67.5 cm³/mol. The molecule has 0 fully saturated rings. The minimum absolute atomic E-state index is 0.0222. The molecule has 0 radical (unpaired) electrons. The number of aryl methyl sites for hydroxylation is 1. The molecule has 0 aromatic carbocycles. The van der Waals surface area contributed by atoms with Crippen molar-refractivity contribution in [1.82, 2.24) is 14.8 Å². The fourth-order valence-corrected chi connectivity index (χ4v) is 1.59. The second-order valence-electron chi connectivity index (χ2n) is 4.50. The summed E-state index contributed by atoms with van der Waals surface area (Å²) in [6.07, 6.45) is 3.39. The molecule has 2 aromatic heterocycles. The molecule has 0 saturated heterocycles. The van der Waals surface area contributed by atoms with Gasteiger partial charge in [-0.15, -0.1) is 0 Å². The molecule has 96 valence electrons. The normalized spacial score (nSPS) is 10.9. The van der Waals surface area contributed by atoms with Gasteiger partial charge in [0.2, 0.25) is 5.88 Å². The van der Waals surface area contributed by atoms with E-state index in [9.17, 15) is 5.11 Å². The summed E-state index contributed by atoms with van der Waals surface area (Å²) in [6.45, 7) is 4.08. The van der Waals surface area contributed by atoms with Crippen molar-refractivity contribution < 1.29 is 9.84 Å². The quantitative estimate of drug-likeness (QED) is 0.900. The van der Waals surface area contributed by atoms with Crippen molar-refractivity contribution in [1.29, 1.82) is 0 Å². The molecular formula is C13H17N3O2. The van der Waals surface area contributed by atoms with Crippen LogP contribution < -0.4 is 4.74 Å². The lowest BCUT2D eigenvalue weighted by Crippen LogP contribution is -1.98. The van der Waals surface area contributed by atoms with E-state index >= 15 is 0 Å². The Balaban J connectivity index is 2.29. The van der Waals surface area contributed by atoms with Crippen LogP contribution in [0.15, 0.2) is 24.5 Å². The number of aliphatic hydroxyl groups excluding tert-OH is 1. The number of nitrogens with zero attached hydrogens (tertiary/aromatic N) is 3. The van der Waals surface area contributed by atoms with E-state index in [0.29, 0.717) is 11.6 Å². The number of pyridine rings is 1. The molecule has 0 spiro atoms. The van der Waals surface area contributed by atoms with Gasteiger partial charge in [-0.05, 0) is 17.5 Å². The van der Waals surface area contributed by atoms with Crippen LogP contribution in [0, 0.1) is 0 Å². The maximum atomic E-state index is 9.24. The van der Waals surface area contributed by atoms with Crippen molar-refractivity contribution in [3.05, 3.63) is 35.8 Å². The van der Waals surface area contributed by atoms with Gasteiger partial charge in [-0.25, -0.2) is 4.98 Å². The van der Waals surface area contributed by atoms with E-state index < -0.39 is 0 Å². The van der Waals surface area contributed by atoms with Crippen molar-refractivity contribution >= 4 is 0 Å². The Morgan fingerprint density at radius 1 is 1.39 bits per heavy atom. The lowest BCUT2D eigenvalue weighted by molar-refractivity contribution is 0.280. The highest BCUT2D eigenvalue weighted by atomic mass is 16.5. The summed E-state index contributed by atoms with van der Waals surface area (Å²) in [5.41, 5.74) is 1.70. The molecule has 2 rings (SSSR count). The van der Waals surface area contributed by atoms with E-state index in [4.69, 9.17) is 4.74 Å². The Labute approximate surface area is 106 Å². The summed E-state index contributed by atoms with van der Waals surface area (Å²) < 4.78 is 7.29. The highest BCUT2D eigenvalue weighted by Gasteiger charge is 2.08.